The summed E-state index contributed by atoms with van der Waals surface area (Å²) in [5, 5.41) is 6.60. The predicted molar refractivity (Wildman–Crippen MR) is 139 cm³/mol. The van der Waals surface area contributed by atoms with Gasteiger partial charge in [-0.25, -0.2) is 9.80 Å². The summed E-state index contributed by atoms with van der Waals surface area (Å²) in [7, 11) is 0. The molecule has 1 fully saturated rings. The molecule has 1 unspecified atom stereocenters. The number of rotatable bonds is 5. The molecule has 0 aromatic heterocycles. The number of hydrazone groups is 1. The highest BCUT2D eigenvalue weighted by molar-refractivity contribution is 8.29. The van der Waals surface area contributed by atoms with Crippen LogP contribution in [0.15, 0.2) is 101 Å². The number of ether oxygens (including phenoxy) is 1. The van der Waals surface area contributed by atoms with Crippen molar-refractivity contribution in [1.29, 1.82) is 0 Å². The van der Waals surface area contributed by atoms with Crippen LogP contribution in [0.3, 0.4) is 0 Å². The Morgan fingerprint density at radius 2 is 1.50 bits per heavy atom. The molecule has 0 saturated carbocycles. The summed E-state index contributed by atoms with van der Waals surface area (Å²) < 4.78 is 4.19. The van der Waals surface area contributed by atoms with Gasteiger partial charge in [-0.15, -0.1) is 0 Å². The Morgan fingerprint density at radius 3 is 2.12 bits per heavy atom. The van der Waals surface area contributed by atoms with Crippen molar-refractivity contribution in [2.24, 2.45) is 5.10 Å². The predicted octanol–water partition coefficient (Wildman–Crippen LogP) is 5.55. The van der Waals surface area contributed by atoms with Gasteiger partial charge in [0.2, 0.25) is 9.37 Å². The van der Waals surface area contributed by atoms with Gasteiger partial charge in [-0.1, -0.05) is 78.5 Å². The van der Waals surface area contributed by atoms with Gasteiger partial charge in [0.15, 0.2) is 0 Å². The van der Waals surface area contributed by atoms with Gasteiger partial charge in [-0.05, 0) is 54.6 Å². The van der Waals surface area contributed by atoms with Gasteiger partial charge in [0.1, 0.15) is 0 Å². The number of para-hydroxylation sites is 2. The number of hydrogen-bond donors (Lipinski definition) is 0. The molecule has 2 heterocycles. The van der Waals surface area contributed by atoms with E-state index < -0.39 is 10.3 Å². The van der Waals surface area contributed by atoms with E-state index >= 15 is 0 Å². The number of benzene rings is 3. The van der Waals surface area contributed by atoms with E-state index in [2.05, 4.69) is 5.10 Å². The molecular weight excluding hydrogens is 466 g/mol. The normalized spacial score (nSPS) is 20.8. The summed E-state index contributed by atoms with van der Waals surface area (Å²) in [6, 6.07) is 28.7. The van der Waals surface area contributed by atoms with Crippen LogP contribution < -0.4 is 9.91 Å². The summed E-state index contributed by atoms with van der Waals surface area (Å²) >= 11 is 2.59. The van der Waals surface area contributed by atoms with Crippen molar-refractivity contribution in [2.45, 2.75) is 11.3 Å². The van der Waals surface area contributed by atoms with E-state index in [1.165, 1.54) is 23.5 Å². The molecule has 6 nitrogen and oxygen atoms in total. The van der Waals surface area contributed by atoms with Gasteiger partial charge in [0.05, 0.1) is 17.2 Å². The molecule has 2 aliphatic heterocycles. The SMILES string of the molecule is CCOC(=O)C1=NN(c2ccccc2)C2(S1)S/C(=C/c1ccccc1)C(=O)N2c1ccccc1. The first-order valence-electron chi connectivity index (χ1n) is 10.8. The number of anilines is 2. The molecule has 3 aromatic rings. The molecular formula is C26H21N3O3S2. The lowest BCUT2D eigenvalue weighted by molar-refractivity contribution is -0.134. The molecule has 1 amide bonds. The van der Waals surface area contributed by atoms with Crippen molar-refractivity contribution in [2.75, 3.05) is 16.5 Å². The molecule has 2 aliphatic rings. The zero-order valence-electron chi connectivity index (χ0n) is 18.3. The largest absolute Gasteiger partial charge is 0.461 e. The Balaban J connectivity index is 1.67. The van der Waals surface area contributed by atoms with E-state index in [4.69, 9.17) is 4.74 Å². The van der Waals surface area contributed by atoms with E-state index in [9.17, 15) is 9.59 Å². The van der Waals surface area contributed by atoms with Crippen molar-refractivity contribution < 1.29 is 14.3 Å². The maximum Gasteiger partial charge on any atom is 0.365 e. The van der Waals surface area contributed by atoms with Crippen molar-refractivity contribution in [3.8, 4) is 0 Å². The number of esters is 1. The van der Waals surface area contributed by atoms with E-state index in [0.717, 1.165) is 11.3 Å². The first-order valence-corrected chi connectivity index (χ1v) is 12.4. The highest BCUT2D eigenvalue weighted by atomic mass is 32.2. The molecule has 3 aromatic carbocycles. The minimum Gasteiger partial charge on any atom is -0.461 e. The van der Waals surface area contributed by atoms with Gasteiger partial charge < -0.3 is 4.74 Å². The third kappa shape index (κ3) is 3.99. The van der Waals surface area contributed by atoms with Crippen molar-refractivity contribution in [1.82, 2.24) is 0 Å². The van der Waals surface area contributed by atoms with Crippen LogP contribution in [0.5, 0.6) is 0 Å². The Hall–Kier alpha value is -3.49. The van der Waals surface area contributed by atoms with Crippen LogP contribution in [-0.4, -0.2) is 27.9 Å². The molecule has 0 N–H and O–H groups in total. The second-order valence-electron chi connectivity index (χ2n) is 7.42. The van der Waals surface area contributed by atoms with E-state index in [0.29, 0.717) is 10.6 Å². The Labute approximate surface area is 206 Å². The van der Waals surface area contributed by atoms with Crippen LogP contribution in [0, 0.1) is 0 Å². The van der Waals surface area contributed by atoms with Crippen LogP contribution in [0.25, 0.3) is 6.08 Å². The maximum atomic E-state index is 13.9. The number of amides is 1. The molecule has 0 radical (unpaired) electrons. The summed E-state index contributed by atoms with van der Waals surface area (Å²) in [6.07, 6.45) is 1.88. The zero-order valence-corrected chi connectivity index (χ0v) is 20.0. The average Bonchev–Trinajstić information content (AvgIpc) is 3.38. The van der Waals surface area contributed by atoms with Crippen molar-refractivity contribution in [3.05, 3.63) is 101 Å². The molecule has 0 bridgehead atoms. The number of carbonyl (C=O) groups is 2. The summed E-state index contributed by atoms with van der Waals surface area (Å²) in [4.78, 5) is 28.9. The molecule has 170 valence electrons. The summed E-state index contributed by atoms with van der Waals surface area (Å²) in [6.45, 7) is 2.00. The Morgan fingerprint density at radius 1 is 0.912 bits per heavy atom. The number of carbonyl (C=O) groups excluding carboxylic acids is 2. The second kappa shape index (κ2) is 9.40. The van der Waals surface area contributed by atoms with Crippen LogP contribution in [0.2, 0.25) is 0 Å². The standard InChI is InChI=1S/C26H21N3O3S2/c1-2-32-25(31)23-27-29(21-16-10-5-11-17-21)26(34-23)28(20-14-8-4-9-15-20)24(30)22(33-26)18-19-12-6-3-7-13-19/h3-18H,2H2,1H3/b22-18+. The zero-order chi connectivity index (χ0) is 23.5. The minimum absolute atomic E-state index is 0.159. The van der Waals surface area contributed by atoms with Gasteiger partial charge >= 0.3 is 5.97 Å². The highest BCUT2D eigenvalue weighted by Crippen LogP contribution is 2.59. The molecule has 1 saturated heterocycles. The minimum atomic E-state index is -1.07. The summed E-state index contributed by atoms with van der Waals surface area (Å²) in [5.74, 6) is -0.666. The fraction of sp³-hybridized carbons (Fsp3) is 0.115. The van der Waals surface area contributed by atoms with Crippen LogP contribution in [-0.2, 0) is 14.3 Å². The van der Waals surface area contributed by atoms with E-state index in [1.54, 1.807) is 16.8 Å². The topological polar surface area (TPSA) is 62.2 Å². The number of thioether (sulfide) groups is 2. The quantitative estimate of drug-likeness (QED) is 0.347. The van der Waals surface area contributed by atoms with Crippen LogP contribution in [0.4, 0.5) is 11.4 Å². The van der Waals surface area contributed by atoms with Gasteiger partial charge in [-0.2, -0.15) is 5.10 Å². The smallest absolute Gasteiger partial charge is 0.365 e. The van der Waals surface area contributed by atoms with Gasteiger partial charge in [-0.3, -0.25) is 9.69 Å². The second-order valence-corrected chi connectivity index (χ2v) is 10.1. The van der Waals surface area contributed by atoms with Gasteiger partial charge in [0.25, 0.3) is 5.91 Å². The van der Waals surface area contributed by atoms with Crippen molar-refractivity contribution >= 4 is 57.9 Å². The molecule has 34 heavy (non-hydrogen) atoms. The number of hydrogen-bond acceptors (Lipinski definition) is 7. The van der Waals surface area contributed by atoms with E-state index in [-0.39, 0.29) is 17.6 Å². The Kier molecular flexibility index (Phi) is 6.17. The first kappa shape index (κ1) is 22.3. The lowest BCUT2D eigenvalue weighted by Crippen LogP contribution is -2.51. The third-order valence-electron chi connectivity index (χ3n) is 5.19. The molecule has 1 atom stereocenters. The third-order valence-corrected chi connectivity index (χ3v) is 7.89. The lowest BCUT2D eigenvalue weighted by Gasteiger charge is -2.38. The molecule has 5 rings (SSSR count). The molecule has 1 spiro atoms. The highest BCUT2D eigenvalue weighted by Gasteiger charge is 2.60. The van der Waals surface area contributed by atoms with Crippen LogP contribution >= 0.6 is 23.5 Å². The van der Waals surface area contributed by atoms with E-state index in [1.807, 2.05) is 97.1 Å². The van der Waals surface area contributed by atoms with Crippen molar-refractivity contribution in [3.63, 3.8) is 0 Å². The fourth-order valence-electron chi connectivity index (χ4n) is 3.73. The maximum absolute atomic E-state index is 13.9. The van der Waals surface area contributed by atoms with Crippen LogP contribution in [0.1, 0.15) is 12.5 Å². The first-order chi connectivity index (χ1) is 16.6. The van der Waals surface area contributed by atoms with Gasteiger partial charge in [0, 0.05) is 5.69 Å². The lowest BCUT2D eigenvalue weighted by atomic mass is 10.2. The summed E-state index contributed by atoms with van der Waals surface area (Å²) in [5.41, 5.74) is 2.39. The Bertz CT molecular complexity index is 1270. The molecule has 0 aliphatic carbocycles. The average molecular weight is 488 g/mol. The molecule has 8 heteroatoms. The fourth-order valence-corrected chi connectivity index (χ4v) is 6.61. The monoisotopic (exact) mass is 487 g/mol. The number of nitrogens with zero attached hydrogens (tertiary/aromatic N) is 3.